The van der Waals surface area contributed by atoms with E-state index >= 15 is 0 Å². The topological polar surface area (TPSA) is 28.2 Å². The van der Waals surface area contributed by atoms with E-state index in [9.17, 15) is 5.26 Å². The van der Waals surface area contributed by atoms with Crippen LogP contribution in [0.5, 0.6) is 0 Å². The van der Waals surface area contributed by atoms with Gasteiger partial charge < -0.3 is 4.40 Å². The summed E-state index contributed by atoms with van der Waals surface area (Å²) in [5.74, 6) is 0. The maximum atomic E-state index is 9.68. The Hall–Kier alpha value is -4.09. The fourth-order valence-corrected chi connectivity index (χ4v) is 4.98. The number of nitrogens with zero attached hydrogens (tertiary/aromatic N) is 2. The van der Waals surface area contributed by atoms with Crippen LogP contribution in [0.25, 0.3) is 59.6 Å². The summed E-state index contributed by atoms with van der Waals surface area (Å²) in [6.45, 7) is 0. The van der Waals surface area contributed by atoms with Crippen LogP contribution in [-0.4, -0.2) is 4.40 Å². The highest BCUT2D eigenvalue weighted by Gasteiger charge is 2.19. The smallest absolute Gasteiger partial charge is 0.0992 e. The molecule has 0 unspecified atom stereocenters. The lowest BCUT2D eigenvalue weighted by Crippen LogP contribution is -1.82. The van der Waals surface area contributed by atoms with Gasteiger partial charge in [0.05, 0.1) is 28.2 Å². The molecule has 5 aromatic carbocycles. The summed E-state index contributed by atoms with van der Waals surface area (Å²) in [5, 5.41) is 19.3. The van der Waals surface area contributed by atoms with E-state index < -0.39 is 0 Å². The molecule has 0 spiro atoms. The lowest BCUT2D eigenvalue weighted by molar-refractivity contribution is 1.38. The summed E-state index contributed by atoms with van der Waals surface area (Å²) in [5.41, 5.74) is 4.31. The van der Waals surface area contributed by atoms with Crippen molar-refractivity contribution in [2.24, 2.45) is 0 Å². The van der Waals surface area contributed by atoms with Crippen LogP contribution < -0.4 is 0 Å². The minimum absolute atomic E-state index is 0.709. The monoisotopic (exact) mass is 366 g/mol. The Morgan fingerprint density at radius 3 is 1.45 bits per heavy atom. The standard InChI is InChI=1S/C27H14N2/c28-15-16-9-23-21-11-17-5-1-3-7-19(17)13-25(21)29-26-14-20-8-4-2-6-18(20)12-22(26)24(10-16)27(23)29/h1-14H. The van der Waals surface area contributed by atoms with Crippen LogP contribution in [0.2, 0.25) is 0 Å². The number of nitriles is 1. The minimum atomic E-state index is 0.709. The molecule has 0 amide bonds. The molecule has 0 bridgehead atoms. The number of hydrogen-bond acceptors (Lipinski definition) is 1. The molecule has 0 radical (unpaired) electrons. The van der Waals surface area contributed by atoms with E-state index in [2.05, 4.69) is 83.3 Å². The van der Waals surface area contributed by atoms with Crippen molar-refractivity contribution in [2.75, 3.05) is 0 Å². The van der Waals surface area contributed by atoms with E-state index in [1.807, 2.05) is 12.1 Å². The van der Waals surface area contributed by atoms with Gasteiger partial charge in [-0.05, 0) is 57.9 Å². The van der Waals surface area contributed by atoms with Crippen molar-refractivity contribution in [1.82, 2.24) is 4.40 Å². The van der Waals surface area contributed by atoms with Crippen LogP contribution in [0.15, 0.2) is 84.9 Å². The first kappa shape index (κ1) is 14.9. The Morgan fingerprint density at radius 2 is 1.00 bits per heavy atom. The molecule has 0 saturated heterocycles. The molecule has 0 aliphatic carbocycles. The second kappa shape index (κ2) is 5.04. The van der Waals surface area contributed by atoms with Crippen molar-refractivity contribution >= 4 is 59.6 Å². The third-order valence-corrected chi connectivity index (χ3v) is 6.25. The predicted molar refractivity (Wildman–Crippen MR) is 121 cm³/mol. The van der Waals surface area contributed by atoms with Crippen LogP contribution >= 0.6 is 0 Å². The van der Waals surface area contributed by atoms with Crippen molar-refractivity contribution in [1.29, 1.82) is 5.26 Å². The van der Waals surface area contributed by atoms with E-state index in [1.54, 1.807) is 0 Å². The molecule has 2 nitrogen and oxygen atoms in total. The zero-order valence-corrected chi connectivity index (χ0v) is 15.5. The van der Waals surface area contributed by atoms with Gasteiger partial charge in [0.25, 0.3) is 0 Å². The third kappa shape index (κ3) is 1.80. The maximum Gasteiger partial charge on any atom is 0.0992 e. The molecule has 2 heterocycles. The highest BCUT2D eigenvalue weighted by atomic mass is 14.9. The lowest BCUT2D eigenvalue weighted by Gasteiger charge is -2.03. The van der Waals surface area contributed by atoms with Crippen LogP contribution in [0, 0.1) is 11.3 Å². The second-order valence-electron chi connectivity index (χ2n) is 7.80. The summed E-state index contributed by atoms with van der Waals surface area (Å²) >= 11 is 0. The molecule has 0 aliphatic heterocycles. The molecule has 0 fully saturated rings. The Balaban J connectivity index is 1.84. The Bertz CT molecular complexity index is 1690. The van der Waals surface area contributed by atoms with E-state index in [4.69, 9.17) is 0 Å². The van der Waals surface area contributed by atoms with Gasteiger partial charge in [0.2, 0.25) is 0 Å². The highest BCUT2D eigenvalue weighted by molar-refractivity contribution is 6.26. The summed E-state index contributed by atoms with van der Waals surface area (Å²) in [6.07, 6.45) is 0. The van der Waals surface area contributed by atoms with Crippen molar-refractivity contribution in [2.45, 2.75) is 0 Å². The Kier molecular flexibility index (Phi) is 2.59. The quantitative estimate of drug-likeness (QED) is 0.283. The minimum Gasteiger partial charge on any atom is -0.308 e. The fraction of sp³-hybridized carbons (Fsp3) is 0. The normalized spacial score (nSPS) is 12.1. The van der Waals surface area contributed by atoms with Crippen LogP contribution in [-0.2, 0) is 0 Å². The van der Waals surface area contributed by atoms with Gasteiger partial charge in [0.1, 0.15) is 0 Å². The maximum absolute atomic E-state index is 9.68. The summed E-state index contributed by atoms with van der Waals surface area (Å²) in [4.78, 5) is 0. The molecule has 7 aromatic rings. The molecule has 0 aliphatic rings. The molecular weight excluding hydrogens is 352 g/mol. The summed E-state index contributed by atoms with van der Waals surface area (Å²) in [7, 11) is 0. The first-order valence-electron chi connectivity index (χ1n) is 9.76. The first-order chi connectivity index (χ1) is 14.3. The average Bonchev–Trinajstić information content (AvgIpc) is 3.26. The lowest BCUT2D eigenvalue weighted by atomic mass is 10.0. The van der Waals surface area contributed by atoms with Crippen molar-refractivity contribution in [3.8, 4) is 6.07 Å². The van der Waals surface area contributed by atoms with Crippen molar-refractivity contribution < 1.29 is 0 Å². The molecule has 2 aromatic heterocycles. The molecule has 29 heavy (non-hydrogen) atoms. The molecule has 0 atom stereocenters. The predicted octanol–water partition coefficient (Wildman–Crippen LogP) is 7.01. The molecule has 0 saturated carbocycles. The largest absolute Gasteiger partial charge is 0.308 e. The van der Waals surface area contributed by atoms with E-state index in [1.165, 1.54) is 48.9 Å². The van der Waals surface area contributed by atoms with E-state index in [0.717, 1.165) is 10.8 Å². The van der Waals surface area contributed by atoms with E-state index in [0.29, 0.717) is 5.56 Å². The average molecular weight is 366 g/mol. The molecule has 132 valence electrons. The van der Waals surface area contributed by atoms with Gasteiger partial charge >= 0.3 is 0 Å². The van der Waals surface area contributed by atoms with Crippen LogP contribution in [0.4, 0.5) is 0 Å². The number of rotatable bonds is 0. The zero-order valence-electron chi connectivity index (χ0n) is 15.5. The van der Waals surface area contributed by atoms with Gasteiger partial charge in [-0.25, -0.2) is 0 Å². The van der Waals surface area contributed by atoms with Crippen molar-refractivity contribution in [3.63, 3.8) is 0 Å². The fourth-order valence-electron chi connectivity index (χ4n) is 4.98. The van der Waals surface area contributed by atoms with Gasteiger partial charge in [-0.3, -0.25) is 0 Å². The van der Waals surface area contributed by atoms with E-state index in [-0.39, 0.29) is 0 Å². The van der Waals surface area contributed by atoms with Crippen LogP contribution in [0.3, 0.4) is 0 Å². The zero-order chi connectivity index (χ0) is 19.1. The number of fused-ring (bicyclic) bond motifs is 8. The van der Waals surface area contributed by atoms with Gasteiger partial charge in [-0.15, -0.1) is 0 Å². The van der Waals surface area contributed by atoms with Gasteiger partial charge in [-0.2, -0.15) is 5.26 Å². The summed E-state index contributed by atoms with van der Waals surface area (Å²) in [6, 6.07) is 32.5. The SMILES string of the molecule is N#Cc1cc2c3cc4ccccc4cc3n3c4cc5ccccc5cc4c(c1)c23. The first-order valence-corrected chi connectivity index (χ1v) is 9.76. The molecular formula is C27H14N2. The van der Waals surface area contributed by atoms with Crippen LogP contribution in [0.1, 0.15) is 5.56 Å². The molecule has 7 rings (SSSR count). The number of hydrogen-bond donors (Lipinski definition) is 0. The summed E-state index contributed by atoms with van der Waals surface area (Å²) < 4.78 is 2.38. The van der Waals surface area contributed by atoms with Gasteiger partial charge in [-0.1, -0.05) is 48.5 Å². The Morgan fingerprint density at radius 1 is 0.552 bits per heavy atom. The third-order valence-electron chi connectivity index (χ3n) is 6.25. The van der Waals surface area contributed by atoms with Crippen molar-refractivity contribution in [3.05, 3.63) is 90.5 Å². The second-order valence-corrected chi connectivity index (χ2v) is 7.80. The highest BCUT2D eigenvalue weighted by Crippen LogP contribution is 2.42. The Labute approximate surface area is 166 Å². The number of benzene rings is 5. The molecule has 2 heteroatoms. The number of aromatic nitrogens is 1. The van der Waals surface area contributed by atoms with Gasteiger partial charge in [0, 0.05) is 21.5 Å². The molecule has 0 N–H and O–H groups in total. The van der Waals surface area contributed by atoms with Gasteiger partial charge in [0.15, 0.2) is 0 Å².